The monoisotopic (exact) mass is 231 g/mol. The van der Waals surface area contributed by atoms with Gasteiger partial charge in [-0.2, -0.15) is 0 Å². The maximum absolute atomic E-state index is 5.61. The SMILES string of the molecule is COc1ccc2c(NC(C)CN)ccnc2c1. The van der Waals surface area contributed by atoms with Gasteiger partial charge in [0.1, 0.15) is 5.75 Å². The lowest BCUT2D eigenvalue weighted by Gasteiger charge is -2.14. The molecular weight excluding hydrogens is 214 g/mol. The van der Waals surface area contributed by atoms with E-state index in [1.165, 1.54) is 0 Å². The minimum absolute atomic E-state index is 0.239. The Labute approximate surface area is 101 Å². The molecule has 1 heterocycles. The smallest absolute Gasteiger partial charge is 0.121 e. The van der Waals surface area contributed by atoms with Crippen molar-refractivity contribution in [3.63, 3.8) is 0 Å². The Hall–Kier alpha value is -1.81. The van der Waals surface area contributed by atoms with Crippen molar-refractivity contribution in [3.05, 3.63) is 30.5 Å². The molecule has 2 rings (SSSR count). The molecule has 4 heteroatoms. The Bertz CT molecular complexity index is 513. The summed E-state index contributed by atoms with van der Waals surface area (Å²) in [5.41, 5.74) is 7.58. The number of hydrogen-bond acceptors (Lipinski definition) is 4. The van der Waals surface area contributed by atoms with Crippen molar-refractivity contribution in [1.29, 1.82) is 0 Å². The molecule has 1 aromatic carbocycles. The number of fused-ring (bicyclic) bond motifs is 1. The maximum atomic E-state index is 5.61. The average molecular weight is 231 g/mol. The van der Waals surface area contributed by atoms with Gasteiger partial charge >= 0.3 is 0 Å². The third kappa shape index (κ3) is 2.47. The molecule has 17 heavy (non-hydrogen) atoms. The molecule has 0 amide bonds. The van der Waals surface area contributed by atoms with E-state index >= 15 is 0 Å². The summed E-state index contributed by atoms with van der Waals surface area (Å²) in [7, 11) is 1.65. The van der Waals surface area contributed by atoms with Gasteiger partial charge in [-0.05, 0) is 25.1 Å². The number of rotatable bonds is 4. The van der Waals surface area contributed by atoms with Crippen LogP contribution in [0.15, 0.2) is 30.5 Å². The Kier molecular flexibility index (Phi) is 3.44. The highest BCUT2D eigenvalue weighted by molar-refractivity contribution is 5.91. The Morgan fingerprint density at radius 2 is 2.24 bits per heavy atom. The standard InChI is InChI=1S/C13H17N3O/c1-9(8-14)16-12-5-6-15-13-7-10(17-2)3-4-11(12)13/h3-7,9H,8,14H2,1-2H3,(H,15,16). The van der Waals surface area contributed by atoms with Crippen LogP contribution in [0.2, 0.25) is 0 Å². The van der Waals surface area contributed by atoms with Gasteiger partial charge in [-0.25, -0.2) is 0 Å². The van der Waals surface area contributed by atoms with Crippen molar-refractivity contribution < 1.29 is 4.74 Å². The van der Waals surface area contributed by atoms with E-state index in [4.69, 9.17) is 10.5 Å². The second-order valence-corrected chi connectivity index (χ2v) is 4.02. The molecule has 0 aliphatic rings. The molecular formula is C13H17N3O. The number of ether oxygens (including phenoxy) is 1. The van der Waals surface area contributed by atoms with Crippen LogP contribution < -0.4 is 15.8 Å². The van der Waals surface area contributed by atoms with Crippen molar-refractivity contribution >= 4 is 16.6 Å². The quantitative estimate of drug-likeness (QED) is 0.845. The second kappa shape index (κ2) is 5.01. The summed E-state index contributed by atoms with van der Waals surface area (Å²) in [5, 5.41) is 4.44. The van der Waals surface area contributed by atoms with E-state index in [9.17, 15) is 0 Å². The minimum atomic E-state index is 0.239. The molecule has 0 aliphatic carbocycles. The fraction of sp³-hybridized carbons (Fsp3) is 0.308. The highest BCUT2D eigenvalue weighted by Gasteiger charge is 2.05. The molecule has 1 unspecified atom stereocenters. The average Bonchev–Trinajstić information content (AvgIpc) is 2.38. The predicted octanol–water partition coefficient (Wildman–Crippen LogP) is 2.00. The van der Waals surface area contributed by atoms with Crippen LogP contribution in [0.4, 0.5) is 5.69 Å². The van der Waals surface area contributed by atoms with Crippen LogP contribution in [0.3, 0.4) is 0 Å². The molecule has 0 spiro atoms. The Balaban J connectivity index is 2.43. The zero-order chi connectivity index (χ0) is 12.3. The molecule has 0 saturated heterocycles. The van der Waals surface area contributed by atoms with Crippen LogP contribution in [-0.2, 0) is 0 Å². The molecule has 0 fully saturated rings. The van der Waals surface area contributed by atoms with Gasteiger partial charge in [0.25, 0.3) is 0 Å². The lowest BCUT2D eigenvalue weighted by atomic mass is 10.1. The van der Waals surface area contributed by atoms with Gasteiger partial charge in [0.05, 0.1) is 12.6 Å². The number of nitrogens with zero attached hydrogens (tertiary/aromatic N) is 1. The molecule has 2 aromatic rings. The normalized spacial score (nSPS) is 12.4. The zero-order valence-electron chi connectivity index (χ0n) is 10.1. The van der Waals surface area contributed by atoms with Crippen LogP contribution in [-0.4, -0.2) is 24.7 Å². The highest BCUT2D eigenvalue weighted by Crippen LogP contribution is 2.25. The first-order chi connectivity index (χ1) is 8.24. The molecule has 0 bridgehead atoms. The van der Waals surface area contributed by atoms with Gasteiger partial charge in [-0.1, -0.05) is 0 Å². The minimum Gasteiger partial charge on any atom is -0.497 e. The van der Waals surface area contributed by atoms with Crippen molar-refractivity contribution in [2.75, 3.05) is 19.0 Å². The van der Waals surface area contributed by atoms with E-state index in [2.05, 4.69) is 17.2 Å². The van der Waals surface area contributed by atoms with E-state index in [0.717, 1.165) is 22.3 Å². The molecule has 1 atom stereocenters. The van der Waals surface area contributed by atoms with Gasteiger partial charge in [0.15, 0.2) is 0 Å². The van der Waals surface area contributed by atoms with Crippen LogP contribution in [0, 0.1) is 0 Å². The van der Waals surface area contributed by atoms with Gasteiger partial charge in [-0.15, -0.1) is 0 Å². The molecule has 4 nitrogen and oxygen atoms in total. The topological polar surface area (TPSA) is 60.2 Å². The van der Waals surface area contributed by atoms with Gasteiger partial charge < -0.3 is 15.8 Å². The van der Waals surface area contributed by atoms with Crippen molar-refractivity contribution in [3.8, 4) is 5.75 Å². The maximum Gasteiger partial charge on any atom is 0.121 e. The van der Waals surface area contributed by atoms with Gasteiger partial charge in [0.2, 0.25) is 0 Å². The van der Waals surface area contributed by atoms with E-state index in [0.29, 0.717) is 6.54 Å². The molecule has 3 N–H and O–H groups in total. The molecule has 90 valence electrons. The van der Waals surface area contributed by atoms with E-state index in [1.807, 2.05) is 24.3 Å². The number of pyridine rings is 1. The molecule has 0 aliphatic heterocycles. The number of nitrogens with one attached hydrogen (secondary N) is 1. The van der Waals surface area contributed by atoms with E-state index < -0.39 is 0 Å². The summed E-state index contributed by atoms with van der Waals surface area (Å²) in [6.07, 6.45) is 1.79. The summed E-state index contributed by atoms with van der Waals surface area (Å²) >= 11 is 0. The first-order valence-electron chi connectivity index (χ1n) is 5.64. The molecule has 0 saturated carbocycles. The largest absolute Gasteiger partial charge is 0.497 e. The summed E-state index contributed by atoms with van der Waals surface area (Å²) in [6.45, 7) is 2.65. The summed E-state index contributed by atoms with van der Waals surface area (Å²) in [4.78, 5) is 4.33. The fourth-order valence-electron chi connectivity index (χ4n) is 1.71. The van der Waals surface area contributed by atoms with Crippen LogP contribution in [0.1, 0.15) is 6.92 Å². The first kappa shape index (κ1) is 11.7. The van der Waals surface area contributed by atoms with E-state index in [1.54, 1.807) is 13.3 Å². The zero-order valence-corrected chi connectivity index (χ0v) is 10.1. The van der Waals surface area contributed by atoms with Crippen LogP contribution in [0.25, 0.3) is 10.9 Å². The number of methoxy groups -OCH3 is 1. The molecule has 1 aromatic heterocycles. The summed E-state index contributed by atoms with van der Waals surface area (Å²) in [5.74, 6) is 0.814. The van der Waals surface area contributed by atoms with E-state index in [-0.39, 0.29) is 6.04 Å². The van der Waals surface area contributed by atoms with Crippen LogP contribution in [0.5, 0.6) is 5.75 Å². The highest BCUT2D eigenvalue weighted by atomic mass is 16.5. The second-order valence-electron chi connectivity index (χ2n) is 4.02. The lowest BCUT2D eigenvalue weighted by molar-refractivity contribution is 0.415. The summed E-state index contributed by atoms with van der Waals surface area (Å²) in [6, 6.07) is 8.06. The van der Waals surface area contributed by atoms with Crippen LogP contribution >= 0.6 is 0 Å². The predicted molar refractivity (Wildman–Crippen MR) is 70.4 cm³/mol. The number of benzene rings is 1. The van der Waals surface area contributed by atoms with Gasteiger partial charge in [0, 0.05) is 35.9 Å². The van der Waals surface area contributed by atoms with Crippen molar-refractivity contribution in [2.24, 2.45) is 5.73 Å². The van der Waals surface area contributed by atoms with Gasteiger partial charge in [-0.3, -0.25) is 4.98 Å². The third-order valence-corrected chi connectivity index (χ3v) is 2.71. The Morgan fingerprint density at radius 3 is 2.94 bits per heavy atom. The Morgan fingerprint density at radius 1 is 1.41 bits per heavy atom. The van der Waals surface area contributed by atoms with Crippen molar-refractivity contribution in [1.82, 2.24) is 4.98 Å². The molecule has 0 radical (unpaired) electrons. The summed E-state index contributed by atoms with van der Waals surface area (Å²) < 4.78 is 5.18. The first-order valence-corrected chi connectivity index (χ1v) is 5.64. The number of aromatic nitrogens is 1. The lowest BCUT2D eigenvalue weighted by Crippen LogP contribution is -2.25. The van der Waals surface area contributed by atoms with Crippen molar-refractivity contribution in [2.45, 2.75) is 13.0 Å². The fourth-order valence-corrected chi connectivity index (χ4v) is 1.71. The number of anilines is 1. The number of nitrogens with two attached hydrogens (primary N) is 1. The number of hydrogen-bond donors (Lipinski definition) is 2. The third-order valence-electron chi connectivity index (χ3n) is 2.71.